The van der Waals surface area contributed by atoms with Gasteiger partial charge in [-0.1, -0.05) is 29.8 Å². The Hall–Kier alpha value is -3.07. The Morgan fingerprint density at radius 3 is 2.41 bits per heavy atom. The molecule has 2 aromatic carbocycles. The molecule has 6 nitrogen and oxygen atoms in total. The largest absolute Gasteiger partial charge is 0.495 e. The van der Waals surface area contributed by atoms with Gasteiger partial charge in [-0.2, -0.15) is 0 Å². The minimum Gasteiger partial charge on any atom is -0.495 e. The molecule has 0 unspecified atom stereocenters. The van der Waals surface area contributed by atoms with Crippen LogP contribution in [0.5, 0.6) is 5.75 Å². The van der Waals surface area contributed by atoms with Gasteiger partial charge in [-0.15, -0.1) is 11.3 Å². The summed E-state index contributed by atoms with van der Waals surface area (Å²) < 4.78 is 35.7. The van der Waals surface area contributed by atoms with Crippen LogP contribution in [0.3, 0.4) is 0 Å². The molecule has 0 amide bonds. The number of halogens is 1. The first-order valence-electron chi connectivity index (χ1n) is 10.4. The Labute approximate surface area is 208 Å². The zero-order valence-electron chi connectivity index (χ0n) is 18.9. The van der Waals surface area contributed by atoms with E-state index in [1.54, 1.807) is 53.9 Å². The smallest absolute Gasteiger partial charge is 0.274 e. The number of anilines is 1. The highest BCUT2D eigenvalue weighted by Gasteiger charge is 2.31. The minimum absolute atomic E-state index is 0.151. The highest BCUT2D eigenvalue weighted by Crippen LogP contribution is 2.34. The highest BCUT2D eigenvalue weighted by atomic mass is 35.5. The van der Waals surface area contributed by atoms with Gasteiger partial charge in [0, 0.05) is 27.7 Å². The summed E-state index contributed by atoms with van der Waals surface area (Å²) in [5.41, 5.74) is 3.20. The van der Waals surface area contributed by atoms with Crippen LogP contribution in [0.4, 0.5) is 5.69 Å². The van der Waals surface area contributed by atoms with Crippen LogP contribution in [0, 0.1) is 13.8 Å². The molecule has 0 aliphatic rings. The first kappa shape index (κ1) is 24.1. The summed E-state index contributed by atoms with van der Waals surface area (Å²) in [6, 6.07) is 19.1. The molecule has 4 rings (SSSR count). The zero-order valence-corrected chi connectivity index (χ0v) is 21.2. The van der Waals surface area contributed by atoms with E-state index >= 15 is 0 Å². The second kappa shape index (κ2) is 9.66. The number of aromatic nitrogens is 1. The Balaban J connectivity index is 1.77. The number of Topliss-reactive ketones (excluding diaryl/α,β-unsaturated/α-hetero) is 1. The van der Waals surface area contributed by atoms with Crippen LogP contribution >= 0.6 is 22.9 Å². The van der Waals surface area contributed by atoms with Gasteiger partial charge >= 0.3 is 0 Å². The van der Waals surface area contributed by atoms with Crippen LogP contribution < -0.4 is 9.04 Å². The zero-order chi connectivity index (χ0) is 24.5. The first-order valence-corrected chi connectivity index (χ1v) is 13.1. The lowest BCUT2D eigenvalue weighted by Crippen LogP contribution is -2.36. The standard InChI is InChI=1S/C25H23ClN2O4S2/c1-17-15-21(18(2)28(17)20-12-10-19(26)11-13-20)23(29)16-27(22-7-4-5-8-24(22)32-3)34(30,31)25-9-6-14-33-25/h4-15H,16H2,1-3H3. The average Bonchev–Trinajstić information content (AvgIpc) is 3.47. The number of para-hydroxylation sites is 2. The van der Waals surface area contributed by atoms with Gasteiger partial charge in [0.1, 0.15) is 9.96 Å². The Morgan fingerprint density at radius 2 is 1.76 bits per heavy atom. The summed E-state index contributed by atoms with van der Waals surface area (Å²) >= 11 is 7.13. The third-order valence-corrected chi connectivity index (χ3v) is 8.88. The number of rotatable bonds is 8. The van der Waals surface area contributed by atoms with Crippen molar-refractivity contribution in [1.29, 1.82) is 0 Å². The maximum Gasteiger partial charge on any atom is 0.274 e. The Morgan fingerprint density at radius 1 is 1.06 bits per heavy atom. The van der Waals surface area contributed by atoms with Crippen molar-refractivity contribution in [1.82, 2.24) is 4.57 Å². The van der Waals surface area contributed by atoms with Gasteiger partial charge in [-0.3, -0.25) is 9.10 Å². The summed E-state index contributed by atoms with van der Waals surface area (Å²) in [7, 11) is -2.52. The number of sulfonamides is 1. The van der Waals surface area contributed by atoms with Gasteiger partial charge in [0.05, 0.1) is 19.3 Å². The molecule has 0 bridgehead atoms. The van der Waals surface area contributed by atoms with Gasteiger partial charge in [-0.05, 0) is 67.8 Å². The molecular formula is C25H23ClN2O4S2. The molecule has 176 valence electrons. The Bertz CT molecular complexity index is 1430. The quantitative estimate of drug-likeness (QED) is 0.275. The molecule has 4 aromatic rings. The first-order chi connectivity index (χ1) is 16.2. The van der Waals surface area contributed by atoms with Crippen LogP contribution in [0.15, 0.2) is 76.3 Å². The topological polar surface area (TPSA) is 68.6 Å². The molecule has 2 aromatic heterocycles. The minimum atomic E-state index is -3.99. The number of methoxy groups -OCH3 is 1. The van der Waals surface area contributed by atoms with Gasteiger partial charge in [0.25, 0.3) is 10.0 Å². The van der Waals surface area contributed by atoms with E-state index in [0.717, 1.165) is 32.7 Å². The van der Waals surface area contributed by atoms with Crippen molar-refractivity contribution in [3.05, 3.63) is 94.1 Å². The number of hydrogen-bond acceptors (Lipinski definition) is 5. The molecule has 0 aliphatic heterocycles. The van der Waals surface area contributed by atoms with E-state index in [-0.39, 0.29) is 16.5 Å². The Kier molecular flexibility index (Phi) is 6.84. The second-order valence-corrected chi connectivity index (χ2v) is 11.1. The normalized spacial score (nSPS) is 11.4. The SMILES string of the molecule is COc1ccccc1N(CC(=O)c1cc(C)n(-c2ccc(Cl)cc2)c1C)S(=O)(=O)c1cccs1. The van der Waals surface area contributed by atoms with E-state index in [0.29, 0.717) is 22.0 Å². The van der Waals surface area contributed by atoms with Crippen molar-refractivity contribution in [3.63, 3.8) is 0 Å². The maximum absolute atomic E-state index is 13.6. The fourth-order valence-corrected chi connectivity index (χ4v) is 6.56. The lowest BCUT2D eigenvalue weighted by molar-refractivity contribution is 0.100. The van der Waals surface area contributed by atoms with Gasteiger partial charge in [0.15, 0.2) is 5.78 Å². The molecular weight excluding hydrogens is 492 g/mol. The molecule has 0 saturated heterocycles. The molecule has 0 radical (unpaired) electrons. The van der Waals surface area contributed by atoms with E-state index < -0.39 is 10.0 Å². The van der Waals surface area contributed by atoms with E-state index in [9.17, 15) is 13.2 Å². The number of benzene rings is 2. The fourth-order valence-electron chi connectivity index (χ4n) is 3.90. The number of thiophene rings is 1. The predicted octanol–water partition coefficient (Wildman–Crippen LogP) is 5.90. The number of ketones is 1. The van der Waals surface area contributed by atoms with Gasteiger partial charge in [0.2, 0.25) is 0 Å². The molecule has 34 heavy (non-hydrogen) atoms. The van der Waals surface area contributed by atoms with Gasteiger partial charge < -0.3 is 9.30 Å². The van der Waals surface area contributed by atoms with Crippen LogP contribution in [0.2, 0.25) is 5.02 Å². The summed E-state index contributed by atoms with van der Waals surface area (Å²) in [4.78, 5) is 13.5. The molecule has 0 aliphatic carbocycles. The summed E-state index contributed by atoms with van der Waals surface area (Å²) in [6.07, 6.45) is 0. The van der Waals surface area contributed by atoms with E-state index in [2.05, 4.69) is 0 Å². The number of nitrogens with zero attached hydrogens (tertiary/aromatic N) is 2. The van der Waals surface area contributed by atoms with Crippen molar-refractivity contribution in [2.24, 2.45) is 0 Å². The van der Waals surface area contributed by atoms with Crippen LogP contribution in [-0.2, 0) is 10.0 Å². The van der Waals surface area contributed by atoms with Crippen LogP contribution in [0.1, 0.15) is 21.7 Å². The monoisotopic (exact) mass is 514 g/mol. The highest BCUT2D eigenvalue weighted by molar-refractivity contribution is 7.94. The average molecular weight is 515 g/mol. The van der Waals surface area contributed by atoms with E-state index in [1.165, 1.54) is 13.2 Å². The molecule has 9 heteroatoms. The van der Waals surface area contributed by atoms with Crippen LogP contribution in [-0.4, -0.2) is 32.4 Å². The predicted molar refractivity (Wildman–Crippen MR) is 136 cm³/mol. The molecule has 0 fully saturated rings. The summed E-state index contributed by atoms with van der Waals surface area (Å²) in [6.45, 7) is 3.38. The van der Waals surface area contributed by atoms with Crippen LogP contribution in [0.25, 0.3) is 5.69 Å². The molecule has 0 spiro atoms. The number of hydrogen-bond donors (Lipinski definition) is 0. The lowest BCUT2D eigenvalue weighted by atomic mass is 10.1. The number of carbonyl (C=O) groups is 1. The molecule has 2 heterocycles. The van der Waals surface area contributed by atoms with Crippen molar-refractivity contribution in [2.75, 3.05) is 18.0 Å². The summed E-state index contributed by atoms with van der Waals surface area (Å²) in [5.74, 6) is 0.0430. The molecule has 0 saturated carbocycles. The summed E-state index contributed by atoms with van der Waals surface area (Å²) in [5, 5.41) is 2.31. The lowest BCUT2D eigenvalue weighted by Gasteiger charge is -2.24. The van der Waals surface area contributed by atoms with Crippen molar-refractivity contribution in [3.8, 4) is 11.4 Å². The van der Waals surface area contributed by atoms with Crippen molar-refractivity contribution >= 4 is 44.4 Å². The van der Waals surface area contributed by atoms with Gasteiger partial charge in [-0.25, -0.2) is 8.42 Å². The van der Waals surface area contributed by atoms with Crippen molar-refractivity contribution in [2.45, 2.75) is 18.1 Å². The second-order valence-electron chi connectivity index (χ2n) is 7.64. The van der Waals surface area contributed by atoms with E-state index in [1.807, 2.05) is 30.5 Å². The number of carbonyl (C=O) groups excluding carboxylic acids is 1. The third-order valence-electron chi connectivity index (χ3n) is 5.50. The van der Waals surface area contributed by atoms with E-state index in [4.69, 9.17) is 16.3 Å². The molecule has 0 atom stereocenters. The third kappa shape index (κ3) is 4.49. The fraction of sp³-hybridized carbons (Fsp3) is 0.160. The molecule has 0 N–H and O–H groups in total. The number of ether oxygens (including phenoxy) is 1. The maximum atomic E-state index is 13.6. The number of aryl methyl sites for hydroxylation is 1. The van der Waals surface area contributed by atoms with Crippen molar-refractivity contribution < 1.29 is 17.9 Å².